The number of aromatic nitrogens is 1. The molecule has 2 aromatic carbocycles. The number of methoxy groups -OCH3 is 1. The smallest absolute Gasteiger partial charge is 0.409 e. The molecule has 1 unspecified atom stereocenters. The first-order chi connectivity index (χ1) is 18.3. The van der Waals surface area contributed by atoms with Gasteiger partial charge in [0.05, 0.1) is 18.4 Å². The number of benzene rings is 2. The second kappa shape index (κ2) is 10.1. The predicted molar refractivity (Wildman–Crippen MR) is 142 cm³/mol. The normalized spacial score (nSPS) is 16.7. The highest BCUT2D eigenvalue weighted by atomic mass is 35.5. The molecule has 5 rings (SSSR count). The fourth-order valence-corrected chi connectivity index (χ4v) is 6.97. The molecule has 1 N–H and O–H groups in total. The number of para-hydroxylation sites is 1. The number of nitrogens with one attached hydrogen (secondary N) is 1. The Kier molecular flexibility index (Phi) is 6.82. The summed E-state index contributed by atoms with van der Waals surface area (Å²) in [5, 5.41) is 4.43. The van der Waals surface area contributed by atoms with Crippen LogP contribution in [0, 0.1) is 0 Å². The number of thiophene rings is 1. The van der Waals surface area contributed by atoms with E-state index >= 15 is 0 Å². The molecule has 1 aliphatic heterocycles. The van der Waals surface area contributed by atoms with E-state index in [-0.39, 0.29) is 38.3 Å². The van der Waals surface area contributed by atoms with E-state index in [1.165, 1.54) is 31.4 Å². The molecule has 0 bridgehead atoms. The third-order valence-electron chi connectivity index (χ3n) is 5.95. The van der Waals surface area contributed by atoms with E-state index in [2.05, 4.69) is 10.3 Å². The first-order valence-electron chi connectivity index (χ1n) is 11.2. The van der Waals surface area contributed by atoms with Gasteiger partial charge in [-0.3, -0.25) is 9.78 Å². The average molecular weight is 570 g/mol. The molecule has 194 valence electrons. The highest BCUT2D eigenvalue weighted by Crippen LogP contribution is 2.52. The van der Waals surface area contributed by atoms with Crippen LogP contribution >= 0.6 is 22.9 Å². The lowest BCUT2D eigenvalue weighted by atomic mass is 9.86. The van der Waals surface area contributed by atoms with Crippen LogP contribution in [0.25, 0.3) is 0 Å². The zero-order valence-corrected chi connectivity index (χ0v) is 22.2. The number of anilines is 1. The van der Waals surface area contributed by atoms with E-state index in [9.17, 15) is 18.0 Å². The quantitative estimate of drug-likeness (QED) is 0.343. The number of carbonyl (C=O) groups excluding carboxylic acids is 2. The Labute approximate surface area is 227 Å². The molecular weight excluding hydrogens is 550 g/mol. The van der Waals surface area contributed by atoms with Crippen LogP contribution in [-0.4, -0.2) is 32.5 Å². The summed E-state index contributed by atoms with van der Waals surface area (Å²) in [5.74, 6) is -0.796. The van der Waals surface area contributed by atoms with Gasteiger partial charge in [0.25, 0.3) is 15.9 Å². The van der Waals surface area contributed by atoms with Gasteiger partial charge in [0.1, 0.15) is 9.96 Å². The molecule has 12 heteroatoms. The largest absolute Gasteiger partial charge is 0.496 e. The first-order valence-corrected chi connectivity index (χ1v) is 13.9. The van der Waals surface area contributed by atoms with Crippen LogP contribution < -0.4 is 14.4 Å². The average Bonchev–Trinajstić information content (AvgIpc) is 3.55. The maximum Gasteiger partial charge on any atom is 0.409 e. The van der Waals surface area contributed by atoms with Crippen LogP contribution in [-0.2, 0) is 31.7 Å². The van der Waals surface area contributed by atoms with Gasteiger partial charge in [0.2, 0.25) is 5.60 Å². The van der Waals surface area contributed by atoms with E-state index in [4.69, 9.17) is 21.1 Å². The third kappa shape index (κ3) is 4.28. The minimum absolute atomic E-state index is 0.0145. The lowest BCUT2D eigenvalue weighted by molar-refractivity contribution is -0.131. The Hall–Kier alpha value is -3.93. The number of hydrogen-bond donors (Lipinski definition) is 1. The molecule has 0 saturated heterocycles. The maximum atomic E-state index is 14.4. The summed E-state index contributed by atoms with van der Waals surface area (Å²) >= 11 is 7.29. The van der Waals surface area contributed by atoms with Gasteiger partial charge in [0, 0.05) is 29.5 Å². The van der Waals surface area contributed by atoms with Gasteiger partial charge in [-0.05, 0) is 53.4 Å². The summed E-state index contributed by atoms with van der Waals surface area (Å²) in [6, 6.07) is 17.1. The van der Waals surface area contributed by atoms with E-state index < -0.39 is 27.6 Å². The van der Waals surface area contributed by atoms with E-state index in [1.807, 2.05) is 0 Å². The van der Waals surface area contributed by atoms with E-state index in [0.717, 1.165) is 16.9 Å². The molecule has 3 heterocycles. The monoisotopic (exact) mass is 569 g/mol. The van der Waals surface area contributed by atoms with Crippen molar-refractivity contribution in [3.05, 3.63) is 106 Å². The van der Waals surface area contributed by atoms with Crippen molar-refractivity contribution in [1.29, 1.82) is 0 Å². The van der Waals surface area contributed by atoms with Crippen LogP contribution in [0.1, 0.15) is 16.7 Å². The second-order valence-corrected chi connectivity index (χ2v) is 11.5. The molecule has 4 aromatic rings. The minimum atomic E-state index is -4.36. The zero-order valence-electron chi connectivity index (χ0n) is 19.8. The second-order valence-electron chi connectivity index (χ2n) is 8.15. The Morgan fingerprint density at radius 1 is 1.08 bits per heavy atom. The third-order valence-corrected chi connectivity index (χ3v) is 9.26. The molecule has 0 aliphatic carbocycles. The lowest BCUT2D eigenvalue weighted by Gasteiger charge is -2.30. The molecule has 9 nitrogen and oxygen atoms in total. The molecule has 0 fully saturated rings. The summed E-state index contributed by atoms with van der Waals surface area (Å²) in [7, 11) is -2.96. The molecule has 1 aliphatic rings. The van der Waals surface area contributed by atoms with Crippen LogP contribution in [0.2, 0.25) is 5.02 Å². The Balaban J connectivity index is 1.68. The number of alkyl carbamates (subject to hydrolysis) is 1. The van der Waals surface area contributed by atoms with Crippen LogP contribution in [0.5, 0.6) is 5.75 Å². The molecule has 0 saturated carbocycles. The standard InChI is InChI=1S/C26H20ClN3O6S2/c1-35-22-6-3-2-5-19(22)26(36-25(32)29-16-17-10-12-28-13-11-17)20-15-18(27)8-9-21(20)30(24(26)31)38(33,34)23-7-4-14-37-23/h2-15H,16H2,1H3,(H,29,32). The Morgan fingerprint density at radius 3 is 2.55 bits per heavy atom. The number of halogens is 1. The van der Waals surface area contributed by atoms with Crippen molar-refractivity contribution < 1.29 is 27.5 Å². The molecule has 2 aromatic heterocycles. The number of rotatable bonds is 7. The van der Waals surface area contributed by atoms with Crippen molar-refractivity contribution in [1.82, 2.24) is 10.3 Å². The zero-order chi connectivity index (χ0) is 26.9. The van der Waals surface area contributed by atoms with Gasteiger partial charge < -0.3 is 14.8 Å². The van der Waals surface area contributed by atoms with Gasteiger partial charge in [-0.1, -0.05) is 35.9 Å². The molecule has 0 radical (unpaired) electrons. The number of fused-ring (bicyclic) bond motifs is 1. The highest BCUT2D eigenvalue weighted by Gasteiger charge is 2.60. The molecule has 1 atom stereocenters. The maximum absolute atomic E-state index is 14.4. The number of nitrogens with zero attached hydrogens (tertiary/aromatic N) is 2. The molecular formula is C26H20ClN3O6S2. The fraction of sp³-hybridized carbons (Fsp3) is 0.115. The number of hydrogen-bond acceptors (Lipinski definition) is 8. The number of sulfonamides is 1. The summed E-state index contributed by atoms with van der Waals surface area (Å²) in [6.45, 7) is 0.0805. The van der Waals surface area contributed by atoms with Crippen LogP contribution in [0.4, 0.5) is 10.5 Å². The molecule has 2 amide bonds. The van der Waals surface area contributed by atoms with Gasteiger partial charge in [-0.2, -0.15) is 12.7 Å². The fourth-order valence-electron chi connectivity index (χ4n) is 4.27. The number of carbonyl (C=O) groups is 2. The summed E-state index contributed by atoms with van der Waals surface area (Å²) < 4.78 is 39.5. The predicted octanol–water partition coefficient (Wildman–Crippen LogP) is 4.71. The van der Waals surface area contributed by atoms with E-state index in [0.29, 0.717) is 4.31 Å². The number of ether oxygens (including phenoxy) is 2. The van der Waals surface area contributed by atoms with Crippen molar-refractivity contribution in [2.24, 2.45) is 0 Å². The van der Waals surface area contributed by atoms with Gasteiger partial charge in [-0.25, -0.2) is 4.79 Å². The summed E-state index contributed by atoms with van der Waals surface area (Å²) in [6.07, 6.45) is 2.19. The Morgan fingerprint density at radius 2 is 1.84 bits per heavy atom. The summed E-state index contributed by atoms with van der Waals surface area (Å²) in [4.78, 5) is 31.5. The highest BCUT2D eigenvalue weighted by molar-refractivity contribution is 7.95. The summed E-state index contributed by atoms with van der Waals surface area (Å²) in [5.41, 5.74) is -1.25. The minimum Gasteiger partial charge on any atom is -0.496 e. The molecule has 38 heavy (non-hydrogen) atoms. The topological polar surface area (TPSA) is 115 Å². The van der Waals surface area contributed by atoms with Gasteiger partial charge in [-0.15, -0.1) is 11.3 Å². The van der Waals surface area contributed by atoms with Gasteiger partial charge in [0.15, 0.2) is 0 Å². The Bertz CT molecular complexity index is 1610. The number of pyridine rings is 1. The van der Waals surface area contributed by atoms with Crippen molar-refractivity contribution >= 4 is 50.6 Å². The lowest BCUT2D eigenvalue weighted by Crippen LogP contribution is -2.48. The number of amides is 2. The van der Waals surface area contributed by atoms with Crippen LogP contribution in [0.3, 0.4) is 0 Å². The molecule has 0 spiro atoms. The van der Waals surface area contributed by atoms with Crippen molar-refractivity contribution in [3.8, 4) is 5.75 Å². The van der Waals surface area contributed by atoms with E-state index in [1.54, 1.807) is 60.2 Å². The van der Waals surface area contributed by atoms with Crippen molar-refractivity contribution in [2.75, 3.05) is 11.4 Å². The van der Waals surface area contributed by atoms with Crippen molar-refractivity contribution in [2.45, 2.75) is 16.4 Å². The van der Waals surface area contributed by atoms with Gasteiger partial charge >= 0.3 is 6.09 Å². The van der Waals surface area contributed by atoms with Crippen LogP contribution in [0.15, 0.2) is 88.7 Å². The SMILES string of the molecule is COc1ccccc1C1(OC(=O)NCc2ccncc2)C(=O)N(S(=O)(=O)c2cccs2)c2ccc(Cl)cc21. The van der Waals surface area contributed by atoms with Crippen molar-refractivity contribution in [3.63, 3.8) is 0 Å². The first kappa shape index (κ1) is 25.7.